The van der Waals surface area contributed by atoms with Gasteiger partial charge in [-0.1, -0.05) is 12.8 Å². The van der Waals surface area contributed by atoms with Crippen LogP contribution >= 0.6 is 11.8 Å². The summed E-state index contributed by atoms with van der Waals surface area (Å²) in [6.45, 7) is 1.08. The van der Waals surface area contributed by atoms with E-state index in [-0.39, 0.29) is 4.75 Å². The Morgan fingerprint density at radius 3 is 2.54 bits per heavy atom. The lowest BCUT2D eigenvalue weighted by Crippen LogP contribution is -2.24. The Balaban J connectivity index is 1.85. The lowest BCUT2D eigenvalue weighted by Gasteiger charge is -2.18. The predicted molar refractivity (Wildman–Crippen MR) is 56.8 cm³/mol. The van der Waals surface area contributed by atoms with E-state index in [2.05, 4.69) is 11.8 Å². The van der Waals surface area contributed by atoms with E-state index in [1.165, 1.54) is 25.7 Å². The fourth-order valence-corrected chi connectivity index (χ4v) is 4.26. The fourth-order valence-electron chi connectivity index (χ4n) is 2.37. The van der Waals surface area contributed by atoms with Crippen molar-refractivity contribution >= 4 is 11.8 Å². The maximum Gasteiger partial charge on any atom is 0.0473 e. The van der Waals surface area contributed by atoms with Crippen LogP contribution in [-0.4, -0.2) is 28.3 Å². The largest absolute Gasteiger partial charge is 0.396 e. The van der Waals surface area contributed by atoms with Crippen LogP contribution in [0.25, 0.3) is 0 Å². The van der Waals surface area contributed by atoms with Gasteiger partial charge in [0.1, 0.15) is 0 Å². The summed E-state index contributed by atoms with van der Waals surface area (Å²) in [6.07, 6.45) is 6.65. The van der Waals surface area contributed by atoms with Gasteiger partial charge in [-0.2, -0.15) is 11.8 Å². The van der Waals surface area contributed by atoms with Crippen molar-refractivity contribution in [3.05, 3.63) is 0 Å². The van der Waals surface area contributed by atoms with Gasteiger partial charge in [-0.15, -0.1) is 0 Å². The van der Waals surface area contributed by atoms with Crippen molar-refractivity contribution in [2.75, 3.05) is 13.2 Å². The van der Waals surface area contributed by atoms with Crippen molar-refractivity contribution in [2.45, 2.75) is 42.1 Å². The van der Waals surface area contributed by atoms with E-state index < -0.39 is 0 Å². The molecule has 76 valence electrons. The number of hydrogen-bond acceptors (Lipinski definition) is 3. The molecule has 2 saturated carbocycles. The predicted octanol–water partition coefficient (Wildman–Crippen LogP) is 1.37. The topological polar surface area (TPSA) is 46.2 Å². The van der Waals surface area contributed by atoms with Crippen molar-refractivity contribution in [2.24, 2.45) is 11.7 Å². The number of nitrogens with two attached hydrogens (primary N) is 1. The first kappa shape index (κ1) is 9.81. The quantitative estimate of drug-likeness (QED) is 0.722. The number of aliphatic hydroxyl groups excluding tert-OH is 1. The standard InChI is InChI=1S/C10H19NOS/c11-7-10(5-8(10)6-12)13-9-3-1-2-4-9/h8-9,12H,1-7,11H2. The second-order valence-corrected chi connectivity index (χ2v) is 6.09. The molecule has 0 heterocycles. The summed E-state index contributed by atoms with van der Waals surface area (Å²) in [5.74, 6) is 0.489. The van der Waals surface area contributed by atoms with E-state index >= 15 is 0 Å². The van der Waals surface area contributed by atoms with Gasteiger partial charge >= 0.3 is 0 Å². The fraction of sp³-hybridized carbons (Fsp3) is 1.00. The third-order valence-electron chi connectivity index (χ3n) is 3.45. The highest BCUT2D eigenvalue weighted by Gasteiger charge is 2.54. The molecule has 0 spiro atoms. The second kappa shape index (κ2) is 3.79. The molecule has 2 unspecified atom stereocenters. The second-order valence-electron chi connectivity index (χ2n) is 4.38. The van der Waals surface area contributed by atoms with Gasteiger partial charge in [0.15, 0.2) is 0 Å². The van der Waals surface area contributed by atoms with E-state index in [4.69, 9.17) is 10.8 Å². The molecule has 2 aliphatic carbocycles. The van der Waals surface area contributed by atoms with Crippen molar-refractivity contribution < 1.29 is 5.11 Å². The Hall–Kier alpha value is 0.270. The van der Waals surface area contributed by atoms with Crippen LogP contribution in [0.15, 0.2) is 0 Å². The highest BCUT2D eigenvalue weighted by Crippen LogP contribution is 2.56. The summed E-state index contributed by atoms with van der Waals surface area (Å²) in [5, 5.41) is 9.91. The molecule has 13 heavy (non-hydrogen) atoms. The van der Waals surface area contributed by atoms with Crippen LogP contribution in [0.2, 0.25) is 0 Å². The Morgan fingerprint density at radius 2 is 2.08 bits per heavy atom. The van der Waals surface area contributed by atoms with E-state index in [0.29, 0.717) is 12.5 Å². The molecule has 0 amide bonds. The molecule has 2 fully saturated rings. The number of rotatable bonds is 4. The molecule has 2 nitrogen and oxygen atoms in total. The Labute approximate surface area is 84.3 Å². The monoisotopic (exact) mass is 201 g/mol. The molecule has 0 aromatic rings. The maximum absolute atomic E-state index is 9.08. The molecule has 0 radical (unpaired) electrons. The molecule has 0 aromatic heterocycles. The highest BCUT2D eigenvalue weighted by molar-refractivity contribution is 8.01. The summed E-state index contributed by atoms with van der Waals surface area (Å²) in [4.78, 5) is 0. The van der Waals surface area contributed by atoms with E-state index in [1.54, 1.807) is 0 Å². The molecule has 2 atom stereocenters. The van der Waals surface area contributed by atoms with Crippen LogP contribution in [0.5, 0.6) is 0 Å². The summed E-state index contributed by atoms with van der Waals surface area (Å²) in [5.41, 5.74) is 5.78. The molecule has 0 bridgehead atoms. The number of aliphatic hydroxyl groups is 1. The van der Waals surface area contributed by atoms with Crippen molar-refractivity contribution in [1.29, 1.82) is 0 Å². The van der Waals surface area contributed by atoms with Crippen molar-refractivity contribution in [3.63, 3.8) is 0 Å². The zero-order chi connectivity index (χ0) is 9.31. The normalized spacial score (nSPS) is 39.7. The van der Waals surface area contributed by atoms with Gasteiger partial charge in [0.25, 0.3) is 0 Å². The maximum atomic E-state index is 9.08. The highest BCUT2D eigenvalue weighted by atomic mass is 32.2. The third kappa shape index (κ3) is 1.88. The summed E-state index contributed by atoms with van der Waals surface area (Å²) in [6, 6.07) is 0. The minimum atomic E-state index is 0.268. The first-order valence-corrected chi connectivity index (χ1v) is 6.17. The van der Waals surface area contributed by atoms with Gasteiger partial charge in [-0.05, 0) is 25.2 Å². The third-order valence-corrected chi connectivity index (χ3v) is 5.39. The van der Waals surface area contributed by atoms with Crippen LogP contribution in [-0.2, 0) is 0 Å². The molecule has 3 heteroatoms. The molecule has 0 saturated heterocycles. The van der Waals surface area contributed by atoms with Gasteiger partial charge in [-0.25, -0.2) is 0 Å². The van der Waals surface area contributed by atoms with Gasteiger partial charge in [-0.3, -0.25) is 0 Å². The molecule has 0 aromatic carbocycles. The van der Waals surface area contributed by atoms with Gasteiger partial charge in [0, 0.05) is 23.1 Å². The SMILES string of the molecule is NCC1(SC2CCCC2)CC1CO. The molecular weight excluding hydrogens is 182 g/mol. The van der Waals surface area contributed by atoms with Crippen LogP contribution in [0.4, 0.5) is 0 Å². The smallest absolute Gasteiger partial charge is 0.0473 e. The number of hydrogen-bond donors (Lipinski definition) is 2. The van der Waals surface area contributed by atoms with Crippen LogP contribution in [0.3, 0.4) is 0 Å². The lowest BCUT2D eigenvalue weighted by molar-refractivity contribution is 0.272. The van der Waals surface area contributed by atoms with Crippen LogP contribution in [0.1, 0.15) is 32.1 Å². The van der Waals surface area contributed by atoms with E-state index in [9.17, 15) is 0 Å². The minimum Gasteiger partial charge on any atom is -0.396 e. The average molecular weight is 201 g/mol. The molecule has 2 rings (SSSR count). The minimum absolute atomic E-state index is 0.268. The molecule has 0 aliphatic heterocycles. The Bertz CT molecular complexity index is 182. The first-order chi connectivity index (χ1) is 6.30. The van der Waals surface area contributed by atoms with Gasteiger partial charge < -0.3 is 10.8 Å². The Kier molecular flexibility index (Phi) is 2.86. The van der Waals surface area contributed by atoms with Crippen molar-refractivity contribution in [1.82, 2.24) is 0 Å². The van der Waals surface area contributed by atoms with Gasteiger partial charge in [0.05, 0.1) is 0 Å². The Morgan fingerprint density at radius 1 is 1.38 bits per heavy atom. The van der Waals surface area contributed by atoms with E-state index in [1.807, 2.05) is 0 Å². The lowest BCUT2D eigenvalue weighted by atomic mass is 10.3. The van der Waals surface area contributed by atoms with E-state index in [0.717, 1.165) is 18.2 Å². The molecule has 2 aliphatic rings. The summed E-state index contributed by atoms with van der Waals surface area (Å²) < 4.78 is 0.268. The number of thioether (sulfide) groups is 1. The van der Waals surface area contributed by atoms with Crippen molar-refractivity contribution in [3.8, 4) is 0 Å². The van der Waals surface area contributed by atoms with Crippen LogP contribution in [0, 0.1) is 5.92 Å². The van der Waals surface area contributed by atoms with Crippen LogP contribution < -0.4 is 5.73 Å². The molecule has 3 N–H and O–H groups in total. The zero-order valence-corrected chi connectivity index (χ0v) is 8.85. The molecular formula is C10H19NOS. The summed E-state index contributed by atoms with van der Waals surface area (Å²) >= 11 is 2.07. The first-order valence-electron chi connectivity index (χ1n) is 5.29. The average Bonchev–Trinajstić information content (AvgIpc) is 2.60. The zero-order valence-electron chi connectivity index (χ0n) is 8.04. The van der Waals surface area contributed by atoms with Gasteiger partial charge in [0.2, 0.25) is 0 Å². The summed E-state index contributed by atoms with van der Waals surface area (Å²) in [7, 11) is 0.